The summed E-state index contributed by atoms with van der Waals surface area (Å²) < 4.78 is 69.7. The third-order valence-corrected chi connectivity index (χ3v) is 1.92. The number of alkyl halides is 5. The van der Waals surface area contributed by atoms with Gasteiger partial charge in [-0.05, 0) is 0 Å². The lowest BCUT2D eigenvalue weighted by molar-refractivity contribution is -0.275. The summed E-state index contributed by atoms with van der Waals surface area (Å²) in [6, 6.07) is 0. The molecule has 0 aliphatic heterocycles. The second kappa shape index (κ2) is 5.34. The topological polar surface area (TPSA) is 51.6 Å². The Labute approximate surface area is 98.0 Å². The van der Waals surface area contributed by atoms with E-state index in [2.05, 4.69) is 14.5 Å². The van der Waals surface area contributed by atoms with E-state index in [0.717, 1.165) is 13.3 Å². The van der Waals surface area contributed by atoms with Crippen molar-refractivity contribution in [2.75, 3.05) is 7.11 Å². The lowest BCUT2D eigenvalue weighted by Crippen LogP contribution is -2.20. The van der Waals surface area contributed by atoms with E-state index in [0.29, 0.717) is 0 Å². The molecule has 0 saturated heterocycles. The standard InChI is InChI=1S/C9H8F5NO3/c1-17-8-6(18-9(12,13)14)5(7(10)11)4(3-16)2-15-8/h2,7,16H,3H2,1H3. The van der Waals surface area contributed by atoms with Crippen molar-refractivity contribution in [3.8, 4) is 11.6 Å². The van der Waals surface area contributed by atoms with Crippen molar-refractivity contribution in [1.29, 1.82) is 0 Å². The molecule has 4 nitrogen and oxygen atoms in total. The first-order valence-corrected chi connectivity index (χ1v) is 4.50. The molecule has 0 fully saturated rings. The first-order chi connectivity index (χ1) is 8.30. The van der Waals surface area contributed by atoms with Crippen LogP contribution in [0.4, 0.5) is 22.0 Å². The summed E-state index contributed by atoms with van der Waals surface area (Å²) in [4.78, 5) is 3.35. The molecule has 0 bridgehead atoms. The molecule has 0 atom stereocenters. The van der Waals surface area contributed by atoms with Gasteiger partial charge in [0, 0.05) is 11.8 Å². The number of hydrogen-bond donors (Lipinski definition) is 1. The highest BCUT2D eigenvalue weighted by Gasteiger charge is 2.36. The fraction of sp³-hybridized carbons (Fsp3) is 0.444. The molecular weight excluding hydrogens is 265 g/mol. The van der Waals surface area contributed by atoms with Crippen LogP contribution in [0.25, 0.3) is 0 Å². The molecule has 0 spiro atoms. The van der Waals surface area contributed by atoms with E-state index in [4.69, 9.17) is 5.11 Å². The number of aliphatic hydroxyl groups is 1. The van der Waals surface area contributed by atoms with E-state index in [1.807, 2.05) is 0 Å². The van der Waals surface area contributed by atoms with Gasteiger partial charge < -0.3 is 14.6 Å². The Bertz CT molecular complexity index is 421. The molecule has 1 N–H and O–H groups in total. The van der Waals surface area contributed by atoms with Crippen LogP contribution in [-0.4, -0.2) is 23.6 Å². The van der Waals surface area contributed by atoms with Crippen LogP contribution in [0, 0.1) is 0 Å². The minimum atomic E-state index is -5.17. The average molecular weight is 273 g/mol. The Balaban J connectivity index is 3.40. The normalized spacial score (nSPS) is 11.8. The van der Waals surface area contributed by atoms with Gasteiger partial charge in [-0.25, -0.2) is 13.8 Å². The van der Waals surface area contributed by atoms with Crippen molar-refractivity contribution in [3.63, 3.8) is 0 Å². The van der Waals surface area contributed by atoms with Crippen LogP contribution in [0.1, 0.15) is 17.6 Å². The van der Waals surface area contributed by atoms with Crippen molar-refractivity contribution < 1.29 is 36.5 Å². The Morgan fingerprint density at radius 3 is 2.39 bits per heavy atom. The quantitative estimate of drug-likeness (QED) is 0.856. The summed E-state index contributed by atoms with van der Waals surface area (Å²) in [5, 5.41) is 8.80. The van der Waals surface area contributed by atoms with Crippen LogP contribution in [0.2, 0.25) is 0 Å². The number of hydrogen-bond acceptors (Lipinski definition) is 4. The van der Waals surface area contributed by atoms with E-state index >= 15 is 0 Å². The van der Waals surface area contributed by atoms with Crippen LogP contribution in [0.3, 0.4) is 0 Å². The van der Waals surface area contributed by atoms with Crippen LogP contribution < -0.4 is 9.47 Å². The van der Waals surface area contributed by atoms with Gasteiger partial charge >= 0.3 is 6.36 Å². The Kier molecular flexibility index (Phi) is 4.28. The zero-order valence-corrected chi connectivity index (χ0v) is 8.96. The summed E-state index contributed by atoms with van der Waals surface area (Å²) in [6.07, 6.45) is -7.66. The predicted octanol–water partition coefficient (Wildman–Crippen LogP) is 2.42. The highest BCUT2D eigenvalue weighted by atomic mass is 19.4. The fourth-order valence-corrected chi connectivity index (χ4v) is 1.25. The maximum atomic E-state index is 12.7. The van der Waals surface area contributed by atoms with Gasteiger partial charge in [-0.15, -0.1) is 13.2 Å². The van der Waals surface area contributed by atoms with Crippen molar-refractivity contribution in [1.82, 2.24) is 4.98 Å². The Hall–Kier alpha value is -1.64. The molecule has 0 aliphatic rings. The van der Waals surface area contributed by atoms with Gasteiger partial charge in [-0.2, -0.15) is 0 Å². The van der Waals surface area contributed by atoms with E-state index in [1.54, 1.807) is 0 Å². The van der Waals surface area contributed by atoms with Crippen molar-refractivity contribution in [2.24, 2.45) is 0 Å². The number of nitrogens with zero attached hydrogens (tertiary/aromatic N) is 1. The number of methoxy groups -OCH3 is 1. The SMILES string of the molecule is COc1ncc(CO)c(C(F)F)c1OC(F)(F)F. The molecule has 1 rings (SSSR count). The highest BCUT2D eigenvalue weighted by Crippen LogP contribution is 2.40. The molecule has 0 unspecified atom stereocenters. The van der Waals surface area contributed by atoms with E-state index in [9.17, 15) is 22.0 Å². The van der Waals surface area contributed by atoms with E-state index in [-0.39, 0.29) is 0 Å². The summed E-state index contributed by atoms with van der Waals surface area (Å²) in [5.74, 6) is -1.98. The molecule has 0 aromatic carbocycles. The molecule has 1 aromatic heterocycles. The smallest absolute Gasteiger partial charge is 0.478 e. The molecule has 0 radical (unpaired) electrons. The zero-order valence-electron chi connectivity index (χ0n) is 8.96. The molecule has 1 heterocycles. The summed E-state index contributed by atoms with van der Waals surface area (Å²) >= 11 is 0. The molecule has 102 valence electrons. The zero-order chi connectivity index (χ0) is 13.9. The van der Waals surface area contributed by atoms with Crippen molar-refractivity contribution >= 4 is 0 Å². The monoisotopic (exact) mass is 273 g/mol. The van der Waals surface area contributed by atoms with E-state index < -0.39 is 42.2 Å². The van der Waals surface area contributed by atoms with Crippen LogP contribution in [-0.2, 0) is 6.61 Å². The molecule has 18 heavy (non-hydrogen) atoms. The number of pyridine rings is 1. The first-order valence-electron chi connectivity index (χ1n) is 4.50. The number of ether oxygens (including phenoxy) is 2. The first kappa shape index (κ1) is 14.4. The summed E-state index contributed by atoms with van der Waals surface area (Å²) in [7, 11) is 0.958. The lowest BCUT2D eigenvalue weighted by atomic mass is 10.1. The number of aliphatic hydroxyl groups excluding tert-OH is 1. The van der Waals surface area contributed by atoms with E-state index in [1.165, 1.54) is 0 Å². The van der Waals surface area contributed by atoms with Crippen molar-refractivity contribution in [2.45, 2.75) is 19.4 Å². The fourth-order valence-electron chi connectivity index (χ4n) is 1.25. The number of aromatic nitrogens is 1. The molecule has 0 amide bonds. The van der Waals surface area contributed by atoms with Gasteiger partial charge in [0.15, 0.2) is 0 Å². The van der Waals surface area contributed by atoms with Gasteiger partial charge in [0.2, 0.25) is 5.75 Å². The summed E-state index contributed by atoms with van der Waals surface area (Å²) in [5.41, 5.74) is -1.56. The Morgan fingerprint density at radius 2 is 2.00 bits per heavy atom. The van der Waals surface area contributed by atoms with Gasteiger partial charge in [-0.1, -0.05) is 0 Å². The average Bonchev–Trinajstić information content (AvgIpc) is 2.25. The molecule has 0 aliphatic carbocycles. The summed E-state index contributed by atoms with van der Waals surface area (Å²) in [6.45, 7) is -0.898. The second-order valence-electron chi connectivity index (χ2n) is 3.04. The number of rotatable bonds is 4. The molecule has 1 aromatic rings. The van der Waals surface area contributed by atoms with Gasteiger partial charge in [0.25, 0.3) is 12.3 Å². The Morgan fingerprint density at radius 1 is 1.39 bits per heavy atom. The number of halogens is 5. The predicted molar refractivity (Wildman–Crippen MR) is 48.4 cm³/mol. The molecule has 0 saturated carbocycles. The molecular formula is C9H8F5NO3. The maximum Gasteiger partial charge on any atom is 0.573 e. The second-order valence-corrected chi connectivity index (χ2v) is 3.04. The third kappa shape index (κ3) is 3.19. The third-order valence-electron chi connectivity index (χ3n) is 1.92. The van der Waals surface area contributed by atoms with Crippen molar-refractivity contribution in [3.05, 3.63) is 17.3 Å². The molecule has 9 heteroatoms. The van der Waals surface area contributed by atoms with Gasteiger partial charge in [0.1, 0.15) is 0 Å². The largest absolute Gasteiger partial charge is 0.573 e. The van der Waals surface area contributed by atoms with Crippen LogP contribution in [0.5, 0.6) is 11.6 Å². The minimum absolute atomic E-state index is 0.468. The van der Waals surface area contributed by atoms with Gasteiger partial charge in [0.05, 0.1) is 19.3 Å². The van der Waals surface area contributed by atoms with Crippen LogP contribution in [0.15, 0.2) is 6.20 Å². The highest BCUT2D eigenvalue weighted by molar-refractivity contribution is 5.46. The van der Waals surface area contributed by atoms with Gasteiger partial charge in [-0.3, -0.25) is 0 Å². The minimum Gasteiger partial charge on any atom is -0.478 e. The van der Waals surface area contributed by atoms with Crippen LogP contribution >= 0.6 is 0 Å². The maximum absolute atomic E-state index is 12.7. The lowest BCUT2D eigenvalue weighted by Gasteiger charge is -2.17.